The summed E-state index contributed by atoms with van der Waals surface area (Å²) in [6.07, 6.45) is -3.85. The second-order valence-electron chi connectivity index (χ2n) is 2.37. The normalized spacial score (nSPS) is 11.7. The molecule has 0 aliphatic rings. The molecule has 0 radical (unpaired) electrons. The lowest BCUT2D eigenvalue weighted by Gasteiger charge is -2.09. The summed E-state index contributed by atoms with van der Waals surface area (Å²) >= 11 is 5.26. The molecule has 0 atom stereocenters. The summed E-state index contributed by atoms with van der Waals surface area (Å²) in [6.45, 7) is 0. The molecule has 0 saturated carbocycles. The van der Waals surface area contributed by atoms with Gasteiger partial charge in [0.15, 0.2) is 0 Å². The van der Waals surface area contributed by atoms with E-state index in [2.05, 4.69) is 0 Å². The Bertz CT molecular complexity index is 357. The van der Waals surface area contributed by atoms with Gasteiger partial charge < -0.3 is 4.98 Å². The molecule has 0 bridgehead atoms. The maximum Gasteiger partial charge on any atom is 0.418 e. The molecule has 1 rings (SSSR count). The van der Waals surface area contributed by atoms with Gasteiger partial charge in [-0.05, 0) is 5.56 Å². The third-order valence-electron chi connectivity index (χ3n) is 1.46. The molecule has 1 aromatic rings. The minimum absolute atomic E-state index is 0.210. The zero-order valence-electron chi connectivity index (χ0n) is 6.28. The average molecular weight is 212 g/mol. The van der Waals surface area contributed by atoms with Crippen LogP contribution in [0.3, 0.4) is 0 Å². The monoisotopic (exact) mass is 211 g/mol. The SMILES string of the molecule is O=c1cc(CCl)c(C(F)(F)F)c[nH]1. The summed E-state index contributed by atoms with van der Waals surface area (Å²) in [7, 11) is 0. The number of halogens is 4. The molecular formula is C7H5ClF3NO. The van der Waals surface area contributed by atoms with Crippen LogP contribution in [0.5, 0.6) is 0 Å². The van der Waals surface area contributed by atoms with Gasteiger partial charge in [-0.1, -0.05) is 0 Å². The van der Waals surface area contributed by atoms with Crippen molar-refractivity contribution in [1.29, 1.82) is 0 Å². The first-order chi connectivity index (χ1) is 5.95. The Hall–Kier alpha value is -0.970. The molecule has 0 spiro atoms. The van der Waals surface area contributed by atoms with Crippen LogP contribution in [0.25, 0.3) is 0 Å². The maximum atomic E-state index is 12.2. The van der Waals surface area contributed by atoms with Crippen molar-refractivity contribution in [2.45, 2.75) is 12.1 Å². The van der Waals surface area contributed by atoms with Gasteiger partial charge >= 0.3 is 6.18 Å². The molecule has 0 fully saturated rings. The van der Waals surface area contributed by atoms with Gasteiger partial charge in [-0.15, -0.1) is 11.6 Å². The fourth-order valence-corrected chi connectivity index (χ4v) is 1.11. The molecule has 0 aromatic carbocycles. The van der Waals surface area contributed by atoms with E-state index in [1.54, 1.807) is 0 Å². The fourth-order valence-electron chi connectivity index (χ4n) is 0.888. The highest BCUT2D eigenvalue weighted by atomic mass is 35.5. The van der Waals surface area contributed by atoms with E-state index in [0.29, 0.717) is 6.20 Å². The predicted molar refractivity (Wildman–Crippen MR) is 41.6 cm³/mol. The molecule has 0 amide bonds. The summed E-state index contributed by atoms with van der Waals surface area (Å²) < 4.78 is 36.6. The van der Waals surface area contributed by atoms with Crippen molar-refractivity contribution in [2.75, 3.05) is 0 Å². The summed E-state index contributed by atoms with van der Waals surface area (Å²) in [4.78, 5) is 12.6. The van der Waals surface area contributed by atoms with Gasteiger partial charge in [0.25, 0.3) is 0 Å². The topological polar surface area (TPSA) is 32.9 Å². The fraction of sp³-hybridized carbons (Fsp3) is 0.286. The third kappa shape index (κ3) is 2.24. The molecule has 0 aliphatic heterocycles. The van der Waals surface area contributed by atoms with Crippen molar-refractivity contribution in [3.05, 3.63) is 33.7 Å². The van der Waals surface area contributed by atoms with Gasteiger partial charge in [-0.25, -0.2) is 0 Å². The minimum atomic E-state index is -4.48. The largest absolute Gasteiger partial charge is 0.418 e. The van der Waals surface area contributed by atoms with Crippen LogP contribution in [-0.2, 0) is 12.1 Å². The quantitative estimate of drug-likeness (QED) is 0.710. The molecule has 1 heterocycles. The Kier molecular flexibility index (Phi) is 2.66. The minimum Gasteiger partial charge on any atom is -0.328 e. The molecule has 2 nitrogen and oxygen atoms in total. The second kappa shape index (κ2) is 3.41. The number of hydrogen-bond acceptors (Lipinski definition) is 1. The highest BCUT2D eigenvalue weighted by Gasteiger charge is 2.33. The van der Waals surface area contributed by atoms with Gasteiger partial charge in [-0.3, -0.25) is 4.79 Å². The molecule has 1 aromatic heterocycles. The zero-order valence-corrected chi connectivity index (χ0v) is 7.04. The van der Waals surface area contributed by atoms with E-state index < -0.39 is 17.3 Å². The van der Waals surface area contributed by atoms with Gasteiger partial charge in [0.2, 0.25) is 5.56 Å². The first-order valence-corrected chi connectivity index (χ1v) is 3.83. The van der Waals surface area contributed by atoms with E-state index >= 15 is 0 Å². The summed E-state index contributed by atoms with van der Waals surface area (Å²) in [5, 5.41) is 0. The molecule has 0 unspecified atom stereocenters. The third-order valence-corrected chi connectivity index (χ3v) is 1.75. The number of aromatic nitrogens is 1. The van der Waals surface area contributed by atoms with E-state index in [-0.39, 0.29) is 11.4 Å². The molecule has 1 N–H and O–H groups in total. The summed E-state index contributed by atoms with van der Waals surface area (Å²) in [6, 6.07) is 0.843. The predicted octanol–water partition coefficient (Wildman–Crippen LogP) is 2.13. The van der Waals surface area contributed by atoms with Crippen LogP contribution in [-0.4, -0.2) is 4.98 Å². The lowest BCUT2D eigenvalue weighted by atomic mass is 10.1. The van der Waals surface area contributed by atoms with E-state index in [0.717, 1.165) is 6.07 Å². The lowest BCUT2D eigenvalue weighted by molar-refractivity contribution is -0.138. The van der Waals surface area contributed by atoms with E-state index in [1.807, 2.05) is 4.98 Å². The first kappa shape index (κ1) is 10.1. The summed E-state index contributed by atoms with van der Waals surface area (Å²) in [5.41, 5.74) is -1.70. The molecule has 72 valence electrons. The number of aromatic amines is 1. The number of alkyl halides is 4. The molecule has 0 saturated heterocycles. The van der Waals surface area contributed by atoms with Crippen LogP contribution in [0.2, 0.25) is 0 Å². The van der Waals surface area contributed by atoms with Gasteiger partial charge in [0, 0.05) is 18.1 Å². The molecular weight excluding hydrogens is 207 g/mol. The smallest absolute Gasteiger partial charge is 0.328 e. The summed E-state index contributed by atoms with van der Waals surface area (Å²) in [5.74, 6) is -0.335. The highest BCUT2D eigenvalue weighted by Crippen LogP contribution is 2.31. The molecule has 0 aliphatic carbocycles. The van der Waals surface area contributed by atoms with Crippen LogP contribution in [0.1, 0.15) is 11.1 Å². The van der Waals surface area contributed by atoms with Crippen LogP contribution in [0, 0.1) is 0 Å². The number of nitrogens with one attached hydrogen (secondary N) is 1. The van der Waals surface area contributed by atoms with Crippen molar-refractivity contribution >= 4 is 11.6 Å². The number of pyridine rings is 1. The molecule has 13 heavy (non-hydrogen) atoms. The van der Waals surface area contributed by atoms with Crippen LogP contribution >= 0.6 is 11.6 Å². The second-order valence-corrected chi connectivity index (χ2v) is 2.63. The maximum absolute atomic E-state index is 12.2. The zero-order chi connectivity index (χ0) is 10.1. The number of hydrogen-bond donors (Lipinski definition) is 1. The molecule has 6 heteroatoms. The van der Waals surface area contributed by atoms with E-state index in [9.17, 15) is 18.0 Å². The Labute approximate surface area is 76.3 Å². The van der Waals surface area contributed by atoms with Gasteiger partial charge in [0.1, 0.15) is 0 Å². The van der Waals surface area contributed by atoms with Gasteiger partial charge in [0.05, 0.1) is 5.56 Å². The number of H-pyrrole nitrogens is 1. The van der Waals surface area contributed by atoms with Crippen molar-refractivity contribution in [1.82, 2.24) is 4.98 Å². The van der Waals surface area contributed by atoms with Crippen molar-refractivity contribution < 1.29 is 13.2 Å². The average Bonchev–Trinajstić information content (AvgIpc) is 2.01. The first-order valence-electron chi connectivity index (χ1n) is 3.30. The Morgan fingerprint density at radius 2 is 2.08 bits per heavy atom. The Morgan fingerprint density at radius 3 is 2.54 bits per heavy atom. The lowest BCUT2D eigenvalue weighted by Crippen LogP contribution is -2.14. The standard InChI is InChI=1S/C7H5ClF3NO/c8-2-4-1-6(13)12-3-5(4)7(9,10)11/h1,3H,2H2,(H,12,13). The van der Waals surface area contributed by atoms with Crippen molar-refractivity contribution in [2.24, 2.45) is 0 Å². The number of rotatable bonds is 1. The van der Waals surface area contributed by atoms with Crippen LogP contribution in [0.15, 0.2) is 17.1 Å². The van der Waals surface area contributed by atoms with E-state index in [4.69, 9.17) is 11.6 Å². The van der Waals surface area contributed by atoms with E-state index in [1.165, 1.54) is 0 Å². The van der Waals surface area contributed by atoms with Crippen molar-refractivity contribution in [3.8, 4) is 0 Å². The van der Waals surface area contributed by atoms with Crippen LogP contribution < -0.4 is 5.56 Å². The van der Waals surface area contributed by atoms with Crippen molar-refractivity contribution in [3.63, 3.8) is 0 Å². The Balaban J connectivity index is 3.30. The highest BCUT2D eigenvalue weighted by molar-refractivity contribution is 6.17. The van der Waals surface area contributed by atoms with Gasteiger partial charge in [-0.2, -0.15) is 13.2 Å². The van der Waals surface area contributed by atoms with Crippen LogP contribution in [0.4, 0.5) is 13.2 Å². The Morgan fingerprint density at radius 1 is 1.46 bits per heavy atom.